The number of halogens is 3. The summed E-state index contributed by atoms with van der Waals surface area (Å²) in [6, 6.07) is 8.72. The van der Waals surface area contributed by atoms with Gasteiger partial charge >= 0.3 is 6.36 Å². The van der Waals surface area contributed by atoms with Crippen LogP contribution < -0.4 is 10.1 Å². The molecule has 0 spiro atoms. The van der Waals surface area contributed by atoms with Crippen LogP contribution in [0, 0.1) is 6.92 Å². The average molecular weight is 451 g/mol. The van der Waals surface area contributed by atoms with Crippen molar-refractivity contribution in [3.63, 3.8) is 0 Å². The second kappa shape index (κ2) is 10.3. The second-order valence-corrected chi connectivity index (χ2v) is 8.02. The average Bonchev–Trinajstić information content (AvgIpc) is 3.10. The molecule has 3 aromatic rings. The molecule has 0 radical (unpaired) electrons. The summed E-state index contributed by atoms with van der Waals surface area (Å²) in [6.07, 6.45) is -1.38. The van der Waals surface area contributed by atoms with Crippen molar-refractivity contribution in [3.8, 4) is 5.75 Å². The van der Waals surface area contributed by atoms with E-state index in [0.717, 1.165) is 41.4 Å². The third kappa shape index (κ3) is 7.93. The number of benzene rings is 1. The monoisotopic (exact) mass is 451 g/mol. The maximum atomic E-state index is 12.3. The zero-order valence-electron chi connectivity index (χ0n) is 16.6. The molecule has 0 aliphatic heterocycles. The van der Waals surface area contributed by atoms with Gasteiger partial charge in [-0.15, -0.1) is 39.8 Å². The van der Waals surface area contributed by atoms with E-state index in [-0.39, 0.29) is 18.0 Å². The van der Waals surface area contributed by atoms with Gasteiger partial charge in [-0.05, 0) is 56.0 Å². The van der Waals surface area contributed by atoms with Gasteiger partial charge in [0, 0.05) is 6.42 Å². The van der Waals surface area contributed by atoms with Gasteiger partial charge in [0.15, 0.2) is 5.82 Å². The number of amides is 1. The number of rotatable bonds is 9. The fraction of sp³-hybridized carbons (Fsp3) is 0.350. The first-order valence-corrected chi connectivity index (χ1v) is 10.3. The second-order valence-electron chi connectivity index (χ2n) is 6.75. The quantitative estimate of drug-likeness (QED) is 0.489. The number of aromatic nitrogens is 4. The summed E-state index contributed by atoms with van der Waals surface area (Å²) in [5.41, 5.74) is 1.19. The van der Waals surface area contributed by atoms with Gasteiger partial charge in [0.1, 0.15) is 15.8 Å². The molecular formula is C20H20F3N5O2S. The number of carbonyl (C=O) groups is 1. The number of aryl methyl sites for hydroxylation is 3. The lowest BCUT2D eigenvalue weighted by molar-refractivity contribution is -0.274. The molecule has 7 nitrogen and oxygen atoms in total. The Kier molecular flexibility index (Phi) is 7.50. The van der Waals surface area contributed by atoms with Crippen molar-refractivity contribution < 1.29 is 22.7 Å². The van der Waals surface area contributed by atoms with Crippen molar-refractivity contribution >= 4 is 23.1 Å². The third-order valence-electron chi connectivity index (χ3n) is 4.13. The van der Waals surface area contributed by atoms with E-state index in [9.17, 15) is 18.0 Å². The highest BCUT2D eigenvalue weighted by atomic mass is 32.1. The molecule has 0 atom stereocenters. The summed E-state index contributed by atoms with van der Waals surface area (Å²) in [5, 5.41) is 20.8. The Morgan fingerprint density at radius 1 is 1.06 bits per heavy atom. The first-order chi connectivity index (χ1) is 14.8. The van der Waals surface area contributed by atoms with E-state index in [2.05, 4.69) is 30.4 Å². The minimum Gasteiger partial charge on any atom is -0.406 e. The van der Waals surface area contributed by atoms with Gasteiger partial charge in [0.2, 0.25) is 5.91 Å². The van der Waals surface area contributed by atoms with Crippen molar-refractivity contribution in [3.05, 3.63) is 57.7 Å². The Balaban J connectivity index is 1.44. The lowest BCUT2D eigenvalue weighted by atomic mass is 10.1. The Hall–Kier alpha value is -3.08. The van der Waals surface area contributed by atoms with Gasteiger partial charge in [-0.1, -0.05) is 12.1 Å². The number of anilines is 1. The van der Waals surface area contributed by atoms with Gasteiger partial charge in [0.25, 0.3) is 0 Å². The van der Waals surface area contributed by atoms with Crippen LogP contribution in [0.25, 0.3) is 0 Å². The summed E-state index contributed by atoms with van der Waals surface area (Å²) < 4.78 is 40.8. The first-order valence-electron chi connectivity index (χ1n) is 9.53. The molecule has 0 fully saturated rings. The number of alkyl halides is 3. The van der Waals surface area contributed by atoms with Crippen molar-refractivity contribution in [2.75, 3.05) is 5.32 Å². The Labute approximate surface area is 180 Å². The molecular weight excluding hydrogens is 431 g/mol. The molecule has 0 bridgehead atoms. The van der Waals surface area contributed by atoms with Crippen molar-refractivity contribution in [2.45, 2.75) is 45.4 Å². The summed E-state index contributed by atoms with van der Waals surface area (Å²) in [7, 11) is 0. The maximum absolute atomic E-state index is 12.3. The van der Waals surface area contributed by atoms with Gasteiger partial charge in [-0.2, -0.15) is 5.10 Å². The number of nitrogens with one attached hydrogen (secondary N) is 1. The number of hydrogen-bond acceptors (Lipinski definition) is 7. The number of hydrogen-bond donors (Lipinski definition) is 1. The van der Waals surface area contributed by atoms with E-state index in [0.29, 0.717) is 5.56 Å². The fourth-order valence-corrected chi connectivity index (χ4v) is 3.56. The topological polar surface area (TPSA) is 89.9 Å². The normalized spacial score (nSPS) is 11.4. The molecule has 31 heavy (non-hydrogen) atoms. The first kappa shape index (κ1) is 22.6. The molecule has 0 saturated carbocycles. The van der Waals surface area contributed by atoms with Crippen LogP contribution >= 0.6 is 11.3 Å². The van der Waals surface area contributed by atoms with Crippen molar-refractivity contribution in [1.82, 2.24) is 20.4 Å². The number of ether oxygens (including phenoxy) is 1. The van der Waals surface area contributed by atoms with Crippen LogP contribution in [0.2, 0.25) is 0 Å². The standard InChI is InChI=1S/C20H20F3N5O2S/c1-13-25-28-19(31-13)8-3-2-6-15-9-10-17(27-26-15)24-18(29)12-14-5-4-7-16(11-14)30-20(21,22)23/h4-5,7,9-11H,2-3,6,8,12H2,1H3,(H,24,27,29). The zero-order chi connectivity index (χ0) is 22.3. The van der Waals surface area contributed by atoms with Crippen LogP contribution in [-0.2, 0) is 24.1 Å². The van der Waals surface area contributed by atoms with Gasteiger partial charge < -0.3 is 10.1 Å². The van der Waals surface area contributed by atoms with Crippen molar-refractivity contribution in [1.29, 1.82) is 0 Å². The number of nitrogens with zero attached hydrogens (tertiary/aromatic N) is 4. The lowest BCUT2D eigenvalue weighted by Gasteiger charge is -2.10. The highest BCUT2D eigenvalue weighted by molar-refractivity contribution is 7.11. The minimum absolute atomic E-state index is 0.121. The molecule has 0 aliphatic rings. The molecule has 2 heterocycles. The Morgan fingerprint density at radius 3 is 2.55 bits per heavy atom. The third-order valence-corrected chi connectivity index (χ3v) is 5.02. The molecule has 0 unspecified atom stereocenters. The minimum atomic E-state index is -4.78. The smallest absolute Gasteiger partial charge is 0.406 e. The van der Waals surface area contributed by atoms with E-state index >= 15 is 0 Å². The van der Waals surface area contributed by atoms with E-state index in [1.165, 1.54) is 18.2 Å². The van der Waals surface area contributed by atoms with Gasteiger partial charge in [-0.3, -0.25) is 4.79 Å². The highest BCUT2D eigenvalue weighted by Gasteiger charge is 2.31. The SMILES string of the molecule is Cc1nnc(CCCCc2ccc(NC(=O)Cc3cccc(OC(F)(F)F)c3)nn2)s1. The summed E-state index contributed by atoms with van der Waals surface area (Å²) in [5.74, 6) is -0.512. The van der Waals surface area contributed by atoms with Crippen LogP contribution in [0.1, 0.15) is 34.1 Å². The van der Waals surface area contributed by atoms with E-state index in [1.807, 2.05) is 6.92 Å². The van der Waals surface area contributed by atoms with Gasteiger partial charge in [0.05, 0.1) is 12.1 Å². The van der Waals surface area contributed by atoms with Gasteiger partial charge in [-0.25, -0.2) is 0 Å². The Morgan fingerprint density at radius 2 is 1.87 bits per heavy atom. The van der Waals surface area contributed by atoms with E-state index < -0.39 is 12.3 Å². The fourth-order valence-electron chi connectivity index (χ4n) is 2.81. The summed E-state index contributed by atoms with van der Waals surface area (Å²) >= 11 is 1.60. The predicted molar refractivity (Wildman–Crippen MR) is 109 cm³/mol. The van der Waals surface area contributed by atoms with Crippen molar-refractivity contribution in [2.24, 2.45) is 0 Å². The largest absolute Gasteiger partial charge is 0.573 e. The molecule has 164 valence electrons. The van der Waals surface area contributed by atoms with Crippen LogP contribution in [0.4, 0.5) is 19.0 Å². The number of carbonyl (C=O) groups excluding carboxylic acids is 1. The summed E-state index contributed by atoms with van der Waals surface area (Å²) in [6.45, 7) is 1.93. The summed E-state index contributed by atoms with van der Waals surface area (Å²) in [4.78, 5) is 12.2. The van der Waals surface area contributed by atoms with Crippen LogP contribution in [-0.4, -0.2) is 32.7 Å². The predicted octanol–water partition coefficient (Wildman–Crippen LogP) is 4.28. The van der Waals surface area contributed by atoms with E-state index in [1.54, 1.807) is 29.5 Å². The molecule has 1 aromatic carbocycles. The molecule has 11 heteroatoms. The lowest BCUT2D eigenvalue weighted by Crippen LogP contribution is -2.18. The highest BCUT2D eigenvalue weighted by Crippen LogP contribution is 2.23. The number of unbranched alkanes of at least 4 members (excludes halogenated alkanes) is 1. The molecule has 0 aliphatic carbocycles. The Bertz CT molecular complexity index is 1010. The van der Waals surface area contributed by atoms with Crippen LogP contribution in [0.5, 0.6) is 5.75 Å². The van der Waals surface area contributed by atoms with Crippen LogP contribution in [0.15, 0.2) is 36.4 Å². The zero-order valence-corrected chi connectivity index (χ0v) is 17.5. The molecule has 1 N–H and O–H groups in total. The molecule has 3 rings (SSSR count). The molecule has 0 saturated heterocycles. The van der Waals surface area contributed by atoms with Crippen LogP contribution in [0.3, 0.4) is 0 Å². The maximum Gasteiger partial charge on any atom is 0.573 e. The van der Waals surface area contributed by atoms with E-state index in [4.69, 9.17) is 0 Å². The molecule has 1 amide bonds. The molecule has 2 aromatic heterocycles.